The van der Waals surface area contributed by atoms with Gasteiger partial charge in [0.15, 0.2) is 0 Å². The van der Waals surface area contributed by atoms with E-state index in [0.717, 1.165) is 22.7 Å². The second-order valence-corrected chi connectivity index (χ2v) is 12.8. The number of carbonyl (C=O) groups is 1. The molecule has 202 valence electrons. The number of sulfonamides is 2. The fourth-order valence-corrected chi connectivity index (χ4v) is 7.44. The van der Waals surface area contributed by atoms with E-state index in [4.69, 9.17) is 4.74 Å². The largest absolute Gasteiger partial charge is 0.495 e. The van der Waals surface area contributed by atoms with E-state index in [1.165, 1.54) is 29.6 Å². The topological polar surface area (TPSA) is 113 Å². The molecule has 0 radical (unpaired) electrons. The third-order valence-electron chi connectivity index (χ3n) is 6.33. The number of rotatable bonds is 10. The van der Waals surface area contributed by atoms with Gasteiger partial charge in [0.05, 0.1) is 17.7 Å². The van der Waals surface area contributed by atoms with E-state index in [1.807, 2.05) is 0 Å². The van der Waals surface area contributed by atoms with Crippen molar-refractivity contribution < 1.29 is 26.4 Å². The van der Waals surface area contributed by atoms with E-state index in [2.05, 4.69) is 5.32 Å². The van der Waals surface area contributed by atoms with Gasteiger partial charge in [-0.1, -0.05) is 36.4 Å². The number of aryl methyl sites for hydroxylation is 1. The normalized spacial score (nSPS) is 14.3. The van der Waals surface area contributed by atoms with Crippen molar-refractivity contribution in [2.75, 3.05) is 31.0 Å². The van der Waals surface area contributed by atoms with Crippen molar-refractivity contribution in [3.05, 3.63) is 83.9 Å². The second-order valence-electron chi connectivity index (χ2n) is 9.03. The van der Waals surface area contributed by atoms with Crippen LogP contribution in [0.15, 0.2) is 82.6 Å². The van der Waals surface area contributed by atoms with Crippen LogP contribution in [0.2, 0.25) is 0 Å². The lowest BCUT2D eigenvalue weighted by Crippen LogP contribution is -2.40. The van der Waals surface area contributed by atoms with Crippen molar-refractivity contribution in [3.8, 4) is 5.75 Å². The summed E-state index contributed by atoms with van der Waals surface area (Å²) in [5.41, 5.74) is 1.76. The maximum absolute atomic E-state index is 13.7. The molecule has 0 aromatic heterocycles. The summed E-state index contributed by atoms with van der Waals surface area (Å²) in [6, 6.07) is 19.6. The van der Waals surface area contributed by atoms with Crippen molar-refractivity contribution in [1.82, 2.24) is 9.62 Å². The molecule has 38 heavy (non-hydrogen) atoms. The smallest absolute Gasteiger partial charge is 0.268 e. The third kappa shape index (κ3) is 6.01. The number of benzene rings is 3. The molecule has 11 heteroatoms. The number of carbonyl (C=O) groups excluding carboxylic acids is 1. The number of hydrogen-bond donors (Lipinski definition) is 1. The Balaban J connectivity index is 1.50. The number of methoxy groups -OCH3 is 1. The Labute approximate surface area is 224 Å². The summed E-state index contributed by atoms with van der Waals surface area (Å²) in [6.45, 7) is 2.48. The molecule has 0 bridgehead atoms. The van der Waals surface area contributed by atoms with Crippen molar-refractivity contribution in [2.45, 2.75) is 36.1 Å². The van der Waals surface area contributed by atoms with Crippen LogP contribution in [-0.2, 0) is 31.4 Å². The van der Waals surface area contributed by atoms with Crippen molar-refractivity contribution in [3.63, 3.8) is 0 Å². The van der Waals surface area contributed by atoms with E-state index in [-0.39, 0.29) is 22.1 Å². The summed E-state index contributed by atoms with van der Waals surface area (Å²) in [5, 5.41) is 2.74. The lowest BCUT2D eigenvalue weighted by molar-refractivity contribution is -0.119. The van der Waals surface area contributed by atoms with Gasteiger partial charge in [0.25, 0.3) is 10.0 Å². The molecule has 3 aromatic rings. The van der Waals surface area contributed by atoms with Gasteiger partial charge in [-0.05, 0) is 67.3 Å². The molecular formula is C27H31N3O6S2. The predicted octanol–water partition coefficient (Wildman–Crippen LogP) is 3.30. The first-order valence-corrected chi connectivity index (χ1v) is 15.1. The summed E-state index contributed by atoms with van der Waals surface area (Å²) in [4.78, 5) is 13.1. The molecular weight excluding hydrogens is 526 g/mol. The Morgan fingerprint density at radius 2 is 1.61 bits per heavy atom. The fraction of sp³-hybridized carbons (Fsp3) is 0.296. The monoisotopic (exact) mass is 557 g/mol. The summed E-state index contributed by atoms with van der Waals surface area (Å²) in [5.74, 6) is -0.335. The molecule has 9 nitrogen and oxygen atoms in total. The van der Waals surface area contributed by atoms with Gasteiger partial charge in [-0.25, -0.2) is 16.8 Å². The molecule has 0 spiro atoms. The Hall–Kier alpha value is -3.41. The minimum Gasteiger partial charge on any atom is -0.495 e. The SMILES string of the molecule is COc1ccc(C)cc1S(=O)(=O)N(CC(=O)NCc1ccc(S(=O)(=O)N2CCCC2)cc1)c1ccccc1. The lowest BCUT2D eigenvalue weighted by atomic mass is 10.2. The zero-order valence-corrected chi connectivity index (χ0v) is 23.0. The van der Waals surface area contributed by atoms with Gasteiger partial charge >= 0.3 is 0 Å². The molecule has 1 saturated heterocycles. The van der Waals surface area contributed by atoms with Crippen LogP contribution in [0.1, 0.15) is 24.0 Å². The van der Waals surface area contributed by atoms with Crippen LogP contribution < -0.4 is 14.4 Å². The summed E-state index contributed by atoms with van der Waals surface area (Å²) in [6.07, 6.45) is 1.71. The van der Waals surface area contributed by atoms with Gasteiger partial charge in [-0.2, -0.15) is 4.31 Å². The maximum atomic E-state index is 13.7. The molecule has 1 N–H and O–H groups in total. The highest BCUT2D eigenvalue weighted by atomic mass is 32.2. The average molecular weight is 558 g/mol. The highest BCUT2D eigenvalue weighted by Gasteiger charge is 2.30. The quantitative estimate of drug-likeness (QED) is 0.409. The Bertz CT molecular complexity index is 1490. The molecule has 4 rings (SSSR count). The minimum absolute atomic E-state index is 0.0357. The molecule has 1 amide bonds. The van der Waals surface area contributed by atoms with Gasteiger partial charge in [0.2, 0.25) is 15.9 Å². The summed E-state index contributed by atoms with van der Waals surface area (Å²) < 4.78 is 60.7. The van der Waals surface area contributed by atoms with Crippen LogP contribution >= 0.6 is 0 Å². The standard InChI is InChI=1S/C27H31N3O6S2/c1-21-10-15-25(36-2)26(18-21)38(34,35)30(23-8-4-3-5-9-23)20-27(31)28-19-22-11-13-24(14-12-22)37(32,33)29-16-6-7-17-29/h3-5,8-15,18H,6-7,16-17,19-20H2,1-2H3,(H,28,31). The summed E-state index contributed by atoms with van der Waals surface area (Å²) in [7, 11) is -6.28. The third-order valence-corrected chi connectivity index (χ3v) is 10.0. The first-order chi connectivity index (χ1) is 18.1. The van der Waals surface area contributed by atoms with Gasteiger partial charge in [0.1, 0.15) is 17.2 Å². The predicted molar refractivity (Wildman–Crippen MR) is 145 cm³/mol. The van der Waals surface area contributed by atoms with E-state index < -0.39 is 32.5 Å². The van der Waals surface area contributed by atoms with Crippen LogP contribution in [0.25, 0.3) is 0 Å². The molecule has 0 atom stereocenters. The van der Waals surface area contributed by atoms with Gasteiger partial charge in [-0.15, -0.1) is 0 Å². The van der Waals surface area contributed by atoms with Crippen molar-refractivity contribution >= 4 is 31.6 Å². The molecule has 1 aliphatic rings. The number of amides is 1. The molecule has 0 saturated carbocycles. The van der Waals surface area contributed by atoms with E-state index in [0.29, 0.717) is 24.3 Å². The minimum atomic E-state index is -4.15. The van der Waals surface area contributed by atoms with Crippen molar-refractivity contribution in [2.24, 2.45) is 0 Å². The van der Waals surface area contributed by atoms with Gasteiger partial charge in [0, 0.05) is 19.6 Å². The molecule has 1 aliphatic heterocycles. The molecule has 0 unspecified atom stereocenters. The maximum Gasteiger partial charge on any atom is 0.268 e. The van der Waals surface area contributed by atoms with Gasteiger partial charge in [-0.3, -0.25) is 9.10 Å². The number of anilines is 1. The number of hydrogen-bond acceptors (Lipinski definition) is 6. The van der Waals surface area contributed by atoms with Crippen LogP contribution in [0.3, 0.4) is 0 Å². The first-order valence-electron chi connectivity index (χ1n) is 12.2. The highest BCUT2D eigenvalue weighted by molar-refractivity contribution is 7.93. The Morgan fingerprint density at radius 1 is 0.947 bits per heavy atom. The molecule has 1 heterocycles. The van der Waals surface area contributed by atoms with Crippen LogP contribution in [0, 0.1) is 6.92 Å². The van der Waals surface area contributed by atoms with E-state index >= 15 is 0 Å². The number of nitrogens with one attached hydrogen (secondary N) is 1. The summed E-state index contributed by atoms with van der Waals surface area (Å²) >= 11 is 0. The van der Waals surface area contributed by atoms with Crippen LogP contribution in [0.5, 0.6) is 5.75 Å². The molecule has 1 fully saturated rings. The molecule has 0 aliphatic carbocycles. The average Bonchev–Trinajstić information content (AvgIpc) is 3.47. The van der Waals surface area contributed by atoms with Crippen LogP contribution in [-0.4, -0.2) is 53.8 Å². The zero-order valence-electron chi connectivity index (χ0n) is 21.3. The highest BCUT2D eigenvalue weighted by Crippen LogP contribution is 2.30. The van der Waals surface area contributed by atoms with E-state index in [9.17, 15) is 21.6 Å². The van der Waals surface area contributed by atoms with E-state index in [1.54, 1.807) is 61.5 Å². The fourth-order valence-electron chi connectivity index (χ4n) is 4.26. The lowest BCUT2D eigenvalue weighted by Gasteiger charge is -2.25. The number of ether oxygens (including phenoxy) is 1. The van der Waals surface area contributed by atoms with Gasteiger partial charge < -0.3 is 10.1 Å². The number of nitrogens with zero attached hydrogens (tertiary/aromatic N) is 2. The Morgan fingerprint density at radius 3 is 2.24 bits per heavy atom. The van der Waals surface area contributed by atoms with Crippen LogP contribution in [0.4, 0.5) is 5.69 Å². The number of para-hydroxylation sites is 1. The second kappa shape index (κ2) is 11.5. The molecule has 3 aromatic carbocycles. The zero-order chi connectivity index (χ0) is 27.3. The first kappa shape index (κ1) is 27.6. The Kier molecular flexibility index (Phi) is 8.39. The van der Waals surface area contributed by atoms with Crippen molar-refractivity contribution in [1.29, 1.82) is 0 Å².